The van der Waals surface area contributed by atoms with Gasteiger partial charge in [0.15, 0.2) is 0 Å². The molecule has 0 aliphatic heterocycles. The number of carbonyl (C=O) groups is 1. The van der Waals surface area contributed by atoms with Crippen molar-refractivity contribution < 1.29 is 14.5 Å². The lowest BCUT2D eigenvalue weighted by atomic mass is 10.1. The molecule has 0 unspecified atom stereocenters. The highest BCUT2D eigenvalue weighted by Crippen LogP contribution is 2.34. The molecule has 1 aromatic carbocycles. The fraction of sp³-hybridized carbons (Fsp3) is 0.300. The number of benzene rings is 1. The van der Waals surface area contributed by atoms with Crippen LogP contribution >= 0.6 is 15.9 Å². The standard InChI is InChI=1S/C10H11BrN2O4/c1-2-17-8(14)5-6-3-4-7(12)10(9(6)11)13(15)16/h3-4H,2,5,12H2,1H3. The van der Waals surface area contributed by atoms with Crippen molar-refractivity contribution in [3.63, 3.8) is 0 Å². The number of esters is 1. The first-order chi connectivity index (χ1) is 7.97. The minimum atomic E-state index is -0.589. The van der Waals surface area contributed by atoms with E-state index in [1.807, 2.05) is 0 Å². The number of hydrogen-bond donors (Lipinski definition) is 1. The van der Waals surface area contributed by atoms with Gasteiger partial charge in [0.1, 0.15) is 10.2 Å². The summed E-state index contributed by atoms with van der Waals surface area (Å²) < 4.78 is 4.99. The number of carbonyl (C=O) groups excluding carboxylic acids is 1. The highest BCUT2D eigenvalue weighted by molar-refractivity contribution is 9.10. The van der Waals surface area contributed by atoms with Crippen molar-refractivity contribution >= 4 is 33.3 Å². The molecule has 0 saturated carbocycles. The molecular weight excluding hydrogens is 292 g/mol. The number of nitrogens with two attached hydrogens (primary N) is 1. The quantitative estimate of drug-likeness (QED) is 0.397. The first-order valence-electron chi connectivity index (χ1n) is 4.84. The maximum Gasteiger partial charge on any atom is 0.310 e. The Morgan fingerprint density at radius 3 is 2.76 bits per heavy atom. The average molecular weight is 303 g/mol. The maximum atomic E-state index is 11.3. The van der Waals surface area contributed by atoms with Crippen molar-refractivity contribution in [2.45, 2.75) is 13.3 Å². The molecule has 0 radical (unpaired) electrons. The van der Waals surface area contributed by atoms with E-state index in [9.17, 15) is 14.9 Å². The third-order valence-electron chi connectivity index (χ3n) is 2.05. The van der Waals surface area contributed by atoms with Gasteiger partial charge in [0.05, 0.1) is 18.0 Å². The molecule has 0 aliphatic carbocycles. The summed E-state index contributed by atoms with van der Waals surface area (Å²) in [6, 6.07) is 2.96. The molecule has 6 nitrogen and oxygen atoms in total. The minimum Gasteiger partial charge on any atom is -0.466 e. The van der Waals surface area contributed by atoms with E-state index in [1.165, 1.54) is 6.07 Å². The van der Waals surface area contributed by atoms with Gasteiger partial charge >= 0.3 is 11.7 Å². The van der Waals surface area contributed by atoms with Crippen LogP contribution in [0, 0.1) is 10.1 Å². The van der Waals surface area contributed by atoms with Gasteiger partial charge in [-0.15, -0.1) is 0 Å². The number of anilines is 1. The second-order valence-electron chi connectivity index (χ2n) is 3.22. The fourth-order valence-electron chi connectivity index (χ4n) is 1.31. The number of hydrogen-bond acceptors (Lipinski definition) is 5. The molecule has 0 bridgehead atoms. The molecule has 17 heavy (non-hydrogen) atoms. The van der Waals surface area contributed by atoms with E-state index >= 15 is 0 Å². The molecule has 92 valence electrons. The van der Waals surface area contributed by atoms with E-state index in [-0.39, 0.29) is 28.9 Å². The summed E-state index contributed by atoms with van der Waals surface area (Å²) in [5.41, 5.74) is 5.79. The summed E-state index contributed by atoms with van der Waals surface area (Å²) in [5.74, 6) is -0.438. The van der Waals surface area contributed by atoms with Crippen molar-refractivity contribution in [2.75, 3.05) is 12.3 Å². The van der Waals surface area contributed by atoms with E-state index in [2.05, 4.69) is 15.9 Å². The van der Waals surface area contributed by atoms with Gasteiger partial charge in [0, 0.05) is 0 Å². The van der Waals surface area contributed by atoms with Crippen molar-refractivity contribution in [3.05, 3.63) is 32.3 Å². The zero-order valence-corrected chi connectivity index (χ0v) is 10.7. The Labute approximate surface area is 106 Å². The smallest absolute Gasteiger partial charge is 0.310 e. The molecule has 0 fully saturated rings. The van der Waals surface area contributed by atoms with E-state index in [0.29, 0.717) is 5.56 Å². The second-order valence-corrected chi connectivity index (χ2v) is 4.01. The lowest BCUT2D eigenvalue weighted by molar-refractivity contribution is -0.384. The van der Waals surface area contributed by atoms with Gasteiger partial charge in [0.25, 0.3) is 0 Å². The van der Waals surface area contributed by atoms with Crippen LogP contribution in [0.4, 0.5) is 11.4 Å². The molecule has 0 aliphatic rings. The summed E-state index contributed by atoms with van der Waals surface area (Å²) in [6.45, 7) is 1.96. The van der Waals surface area contributed by atoms with Crippen LogP contribution in [0.3, 0.4) is 0 Å². The topological polar surface area (TPSA) is 95.5 Å². The number of rotatable bonds is 4. The van der Waals surface area contributed by atoms with Gasteiger partial charge in [-0.3, -0.25) is 14.9 Å². The molecule has 0 aromatic heterocycles. The van der Waals surface area contributed by atoms with Crippen LogP contribution in [0.25, 0.3) is 0 Å². The zero-order chi connectivity index (χ0) is 13.0. The van der Waals surface area contributed by atoms with E-state index in [0.717, 1.165) is 0 Å². The summed E-state index contributed by atoms with van der Waals surface area (Å²) >= 11 is 3.08. The van der Waals surface area contributed by atoms with Crippen LogP contribution < -0.4 is 5.73 Å². The minimum absolute atomic E-state index is 0.0322. The van der Waals surface area contributed by atoms with Gasteiger partial charge in [0.2, 0.25) is 0 Å². The van der Waals surface area contributed by atoms with Gasteiger partial charge in [-0.05, 0) is 34.5 Å². The zero-order valence-electron chi connectivity index (χ0n) is 9.10. The van der Waals surface area contributed by atoms with Crippen LogP contribution in [-0.4, -0.2) is 17.5 Å². The molecule has 0 amide bonds. The van der Waals surface area contributed by atoms with Crippen LogP contribution in [0.15, 0.2) is 16.6 Å². The van der Waals surface area contributed by atoms with Crippen LogP contribution in [0.5, 0.6) is 0 Å². The molecular formula is C10H11BrN2O4. The Morgan fingerprint density at radius 1 is 1.59 bits per heavy atom. The summed E-state index contributed by atoms with van der Waals surface area (Å²) in [4.78, 5) is 21.5. The molecule has 7 heteroatoms. The Balaban J connectivity index is 3.07. The highest BCUT2D eigenvalue weighted by Gasteiger charge is 2.21. The van der Waals surface area contributed by atoms with E-state index in [1.54, 1.807) is 13.0 Å². The SMILES string of the molecule is CCOC(=O)Cc1ccc(N)c([N+](=O)[O-])c1Br. The molecule has 0 atom stereocenters. The van der Waals surface area contributed by atoms with Crippen molar-refractivity contribution in [3.8, 4) is 0 Å². The lowest BCUT2D eigenvalue weighted by Gasteiger charge is -2.06. The number of halogens is 1. The third-order valence-corrected chi connectivity index (χ3v) is 2.93. The Kier molecular flexibility index (Phi) is 4.45. The predicted octanol–water partition coefficient (Wildman–Crippen LogP) is 2.05. The molecule has 0 heterocycles. The van der Waals surface area contributed by atoms with Crippen LogP contribution in [-0.2, 0) is 16.0 Å². The second kappa shape index (κ2) is 5.62. The highest BCUT2D eigenvalue weighted by atomic mass is 79.9. The average Bonchev–Trinajstić information content (AvgIpc) is 2.22. The summed E-state index contributed by atoms with van der Waals surface area (Å²) in [7, 11) is 0. The molecule has 1 aromatic rings. The molecule has 0 spiro atoms. The first kappa shape index (κ1) is 13.4. The van der Waals surface area contributed by atoms with Gasteiger partial charge < -0.3 is 10.5 Å². The molecule has 2 N–H and O–H groups in total. The Hall–Kier alpha value is -1.63. The van der Waals surface area contributed by atoms with E-state index in [4.69, 9.17) is 10.5 Å². The summed E-state index contributed by atoms with van der Waals surface area (Å²) in [5, 5.41) is 10.8. The number of nitro groups is 1. The number of nitrogen functional groups attached to an aromatic ring is 1. The maximum absolute atomic E-state index is 11.3. The third kappa shape index (κ3) is 3.16. The van der Waals surface area contributed by atoms with Crippen LogP contribution in [0.2, 0.25) is 0 Å². The molecule has 0 saturated heterocycles. The first-order valence-corrected chi connectivity index (χ1v) is 5.63. The monoisotopic (exact) mass is 302 g/mol. The van der Waals surface area contributed by atoms with Crippen molar-refractivity contribution in [1.82, 2.24) is 0 Å². The van der Waals surface area contributed by atoms with E-state index < -0.39 is 10.9 Å². The fourth-order valence-corrected chi connectivity index (χ4v) is 1.96. The largest absolute Gasteiger partial charge is 0.466 e. The number of nitrogens with zero attached hydrogens (tertiary/aromatic N) is 1. The van der Waals surface area contributed by atoms with Crippen molar-refractivity contribution in [1.29, 1.82) is 0 Å². The predicted molar refractivity (Wildman–Crippen MR) is 65.5 cm³/mol. The van der Waals surface area contributed by atoms with Crippen LogP contribution in [0.1, 0.15) is 12.5 Å². The normalized spacial score (nSPS) is 10.0. The number of nitro benzene ring substituents is 1. The Morgan fingerprint density at radius 2 is 2.24 bits per heavy atom. The number of ether oxygens (including phenoxy) is 1. The van der Waals surface area contributed by atoms with Gasteiger partial charge in [-0.25, -0.2) is 0 Å². The van der Waals surface area contributed by atoms with Crippen molar-refractivity contribution in [2.24, 2.45) is 0 Å². The van der Waals surface area contributed by atoms with Gasteiger partial charge in [-0.1, -0.05) is 6.07 Å². The van der Waals surface area contributed by atoms with Gasteiger partial charge in [-0.2, -0.15) is 0 Å². The summed E-state index contributed by atoms with van der Waals surface area (Å²) in [6.07, 6.45) is -0.0322. The Bertz CT molecular complexity index is 462. The molecule has 1 rings (SSSR count). The lowest BCUT2D eigenvalue weighted by Crippen LogP contribution is -2.09.